The number of sulfonamides is 1. The molecule has 4 rings (SSSR count). The maximum absolute atomic E-state index is 13.2. The summed E-state index contributed by atoms with van der Waals surface area (Å²) in [5.41, 5.74) is 2.46. The highest BCUT2D eigenvalue weighted by Gasteiger charge is 2.36. The van der Waals surface area contributed by atoms with E-state index in [1.807, 2.05) is 12.1 Å². The summed E-state index contributed by atoms with van der Waals surface area (Å²) >= 11 is 0. The molecule has 1 atom stereocenters. The standard InChI is InChI=1S/C17H21N3O3S/c21-24(22,15-9-8-13-5-1-2-6-14(13)11-15)20-10-4-3-7-16(20)17-18-12-23-19-17/h8-9,11-12,16H,1-7,10H2. The molecular weight excluding hydrogens is 326 g/mol. The average molecular weight is 347 g/mol. The monoisotopic (exact) mass is 347 g/mol. The number of hydrogen-bond acceptors (Lipinski definition) is 5. The summed E-state index contributed by atoms with van der Waals surface area (Å²) in [6.45, 7) is 0.499. The zero-order valence-corrected chi connectivity index (χ0v) is 14.3. The lowest BCUT2D eigenvalue weighted by atomic mass is 9.92. The summed E-state index contributed by atoms with van der Waals surface area (Å²) in [4.78, 5) is 4.47. The fourth-order valence-electron chi connectivity index (χ4n) is 3.78. The van der Waals surface area contributed by atoms with Crippen molar-refractivity contribution in [1.82, 2.24) is 14.4 Å². The summed E-state index contributed by atoms with van der Waals surface area (Å²) in [5.74, 6) is 0.455. The first-order valence-electron chi connectivity index (χ1n) is 8.56. The van der Waals surface area contributed by atoms with Crippen molar-refractivity contribution in [1.29, 1.82) is 0 Å². The fraction of sp³-hybridized carbons (Fsp3) is 0.529. The molecule has 0 bridgehead atoms. The van der Waals surface area contributed by atoms with E-state index in [1.165, 1.54) is 23.9 Å². The van der Waals surface area contributed by atoms with Gasteiger partial charge in [0.1, 0.15) is 0 Å². The van der Waals surface area contributed by atoms with Gasteiger partial charge in [0.25, 0.3) is 0 Å². The number of fused-ring (bicyclic) bond motifs is 1. The lowest BCUT2D eigenvalue weighted by Crippen LogP contribution is -2.39. The van der Waals surface area contributed by atoms with Crippen molar-refractivity contribution in [2.24, 2.45) is 0 Å². The lowest BCUT2D eigenvalue weighted by molar-refractivity contribution is 0.240. The maximum Gasteiger partial charge on any atom is 0.243 e. The molecule has 0 saturated carbocycles. The molecule has 6 nitrogen and oxygen atoms in total. The Morgan fingerprint density at radius 3 is 2.71 bits per heavy atom. The van der Waals surface area contributed by atoms with Crippen molar-refractivity contribution < 1.29 is 12.9 Å². The number of rotatable bonds is 3. The van der Waals surface area contributed by atoms with Gasteiger partial charge in [-0.3, -0.25) is 0 Å². The van der Waals surface area contributed by atoms with E-state index < -0.39 is 10.0 Å². The second kappa shape index (κ2) is 6.29. The highest BCUT2D eigenvalue weighted by atomic mass is 32.2. The first kappa shape index (κ1) is 15.8. The van der Waals surface area contributed by atoms with Crippen molar-refractivity contribution in [2.75, 3.05) is 6.54 Å². The van der Waals surface area contributed by atoms with Crippen molar-refractivity contribution in [2.45, 2.75) is 55.9 Å². The molecule has 24 heavy (non-hydrogen) atoms. The van der Waals surface area contributed by atoms with Gasteiger partial charge in [0.05, 0.1) is 10.9 Å². The number of aromatic nitrogens is 2. The molecule has 1 saturated heterocycles. The van der Waals surface area contributed by atoms with Crippen LogP contribution < -0.4 is 0 Å². The Morgan fingerprint density at radius 1 is 1.08 bits per heavy atom. The third kappa shape index (κ3) is 2.75. The average Bonchev–Trinajstić information content (AvgIpc) is 3.16. The number of hydrogen-bond donors (Lipinski definition) is 0. The van der Waals surface area contributed by atoms with E-state index in [9.17, 15) is 8.42 Å². The molecule has 1 aliphatic heterocycles. The van der Waals surface area contributed by atoms with Gasteiger partial charge >= 0.3 is 0 Å². The van der Waals surface area contributed by atoms with Gasteiger partial charge < -0.3 is 4.52 Å². The highest BCUT2D eigenvalue weighted by molar-refractivity contribution is 7.89. The zero-order valence-electron chi connectivity index (χ0n) is 13.5. The first-order valence-corrected chi connectivity index (χ1v) is 10.0. The Bertz CT molecular complexity index is 818. The molecule has 0 radical (unpaired) electrons. The molecule has 2 heterocycles. The zero-order chi connectivity index (χ0) is 16.6. The summed E-state index contributed by atoms with van der Waals surface area (Å²) in [7, 11) is -3.56. The molecule has 0 spiro atoms. The van der Waals surface area contributed by atoms with Gasteiger partial charge in [-0.2, -0.15) is 9.29 Å². The van der Waals surface area contributed by atoms with Crippen molar-refractivity contribution in [3.8, 4) is 0 Å². The molecular formula is C17H21N3O3S. The molecule has 1 fully saturated rings. The minimum absolute atomic E-state index is 0.335. The lowest BCUT2D eigenvalue weighted by Gasteiger charge is -2.33. The Kier molecular flexibility index (Phi) is 4.14. The van der Waals surface area contributed by atoms with E-state index >= 15 is 0 Å². The van der Waals surface area contributed by atoms with Crippen LogP contribution in [-0.4, -0.2) is 29.4 Å². The van der Waals surface area contributed by atoms with Crippen molar-refractivity contribution in [3.63, 3.8) is 0 Å². The molecule has 1 aromatic heterocycles. The van der Waals surface area contributed by atoms with Crippen LogP contribution in [0.1, 0.15) is 55.1 Å². The van der Waals surface area contributed by atoms with Crippen LogP contribution in [0.3, 0.4) is 0 Å². The van der Waals surface area contributed by atoms with Crippen molar-refractivity contribution >= 4 is 10.0 Å². The fourth-order valence-corrected chi connectivity index (χ4v) is 5.49. The van der Waals surface area contributed by atoms with Crippen LogP contribution in [0.2, 0.25) is 0 Å². The van der Waals surface area contributed by atoms with Gasteiger partial charge in [0.2, 0.25) is 16.4 Å². The van der Waals surface area contributed by atoms with Crippen LogP contribution in [0.4, 0.5) is 0 Å². The smallest absolute Gasteiger partial charge is 0.243 e. The molecule has 0 N–H and O–H groups in total. The summed E-state index contributed by atoms with van der Waals surface area (Å²) in [5, 5.41) is 3.88. The molecule has 2 aromatic rings. The molecule has 1 aliphatic carbocycles. The summed E-state index contributed by atoms with van der Waals surface area (Å²) < 4.78 is 32.8. The SMILES string of the molecule is O=S(=O)(c1ccc2c(c1)CCCC2)N1CCCCC1c1ncon1. The van der Waals surface area contributed by atoms with Gasteiger partial charge in [-0.15, -0.1) is 0 Å². The van der Waals surface area contributed by atoms with Gasteiger partial charge in [-0.1, -0.05) is 17.6 Å². The van der Waals surface area contributed by atoms with Gasteiger partial charge in [-0.05, 0) is 61.8 Å². The first-order chi connectivity index (χ1) is 11.7. The highest BCUT2D eigenvalue weighted by Crippen LogP contribution is 2.35. The molecule has 1 unspecified atom stereocenters. The van der Waals surface area contributed by atoms with Crippen LogP contribution in [0, 0.1) is 0 Å². The molecule has 1 aromatic carbocycles. The van der Waals surface area contributed by atoms with Crippen LogP contribution in [0.25, 0.3) is 0 Å². The summed E-state index contributed by atoms with van der Waals surface area (Å²) in [6.07, 6.45) is 8.14. The van der Waals surface area contributed by atoms with E-state index in [2.05, 4.69) is 10.1 Å². The molecule has 7 heteroatoms. The topological polar surface area (TPSA) is 76.3 Å². The molecule has 0 amide bonds. The minimum atomic E-state index is -3.56. The van der Waals surface area contributed by atoms with Crippen LogP contribution in [0.15, 0.2) is 34.0 Å². The second-order valence-electron chi connectivity index (χ2n) is 6.55. The summed E-state index contributed by atoms with van der Waals surface area (Å²) in [6, 6.07) is 5.26. The quantitative estimate of drug-likeness (QED) is 0.853. The predicted molar refractivity (Wildman–Crippen MR) is 87.9 cm³/mol. The van der Waals surface area contributed by atoms with Gasteiger partial charge in [-0.25, -0.2) is 8.42 Å². The van der Waals surface area contributed by atoms with Crippen LogP contribution >= 0.6 is 0 Å². The van der Waals surface area contributed by atoms with Gasteiger partial charge in [0.15, 0.2) is 5.82 Å². The normalized spacial score (nSPS) is 22.2. The van der Waals surface area contributed by atoms with Gasteiger partial charge in [0, 0.05) is 6.54 Å². The van der Waals surface area contributed by atoms with Crippen molar-refractivity contribution in [3.05, 3.63) is 41.5 Å². The molecule has 2 aliphatic rings. The minimum Gasteiger partial charge on any atom is -0.343 e. The van der Waals surface area contributed by atoms with E-state index in [0.29, 0.717) is 17.3 Å². The number of benzene rings is 1. The predicted octanol–water partition coefficient (Wildman–Crippen LogP) is 2.86. The van der Waals surface area contributed by atoms with Crippen LogP contribution in [0.5, 0.6) is 0 Å². The Hall–Kier alpha value is -1.73. The van der Waals surface area contributed by atoms with Crippen LogP contribution in [-0.2, 0) is 22.9 Å². The maximum atomic E-state index is 13.2. The largest absolute Gasteiger partial charge is 0.343 e. The van der Waals surface area contributed by atoms with E-state index in [-0.39, 0.29) is 6.04 Å². The van der Waals surface area contributed by atoms with E-state index in [1.54, 1.807) is 10.4 Å². The third-order valence-corrected chi connectivity index (χ3v) is 6.96. The number of nitrogens with zero attached hydrogens (tertiary/aromatic N) is 3. The Labute approximate surface area is 141 Å². The number of aryl methyl sites for hydroxylation is 2. The Morgan fingerprint density at radius 2 is 1.92 bits per heavy atom. The number of piperidine rings is 1. The van der Waals surface area contributed by atoms with E-state index in [0.717, 1.165) is 38.5 Å². The van der Waals surface area contributed by atoms with E-state index in [4.69, 9.17) is 4.52 Å². The second-order valence-corrected chi connectivity index (χ2v) is 8.44. The Balaban J connectivity index is 1.70. The molecule has 128 valence electrons. The third-order valence-electron chi connectivity index (χ3n) is 5.06.